The summed E-state index contributed by atoms with van der Waals surface area (Å²) in [5, 5.41) is 0. The molecule has 1 aromatic carbocycles. The number of ketones is 1. The molecule has 0 amide bonds. The van der Waals surface area contributed by atoms with Gasteiger partial charge in [-0.15, -0.1) is 5.54 Å². The van der Waals surface area contributed by atoms with Crippen LogP contribution in [0.4, 0.5) is 0 Å². The predicted octanol–water partition coefficient (Wildman–Crippen LogP) is 4.22. The average molecular weight is 333 g/mol. The van der Waals surface area contributed by atoms with E-state index in [0.717, 1.165) is 29.4 Å². The first-order valence-electron chi connectivity index (χ1n) is 8.31. The molecule has 3 nitrogen and oxygen atoms in total. The minimum Gasteiger partial charge on any atom is -0.497 e. The predicted molar refractivity (Wildman–Crippen MR) is 97.2 cm³/mol. The quantitative estimate of drug-likeness (QED) is 0.528. The van der Waals surface area contributed by atoms with E-state index in [1.807, 2.05) is 24.3 Å². The molecule has 126 valence electrons. The lowest BCUT2D eigenvalue weighted by molar-refractivity contribution is -0.124. The van der Waals surface area contributed by atoms with Crippen LogP contribution in [-0.2, 0) is 16.1 Å². The number of hydrogen-bond acceptors (Lipinski definition) is 3. The van der Waals surface area contributed by atoms with E-state index in [9.17, 15) is 4.79 Å². The van der Waals surface area contributed by atoms with Crippen molar-refractivity contribution in [3.8, 4) is 17.2 Å². The molecule has 0 N–H and O–H groups in total. The highest BCUT2D eigenvalue weighted by molar-refractivity contribution is 6.87. The number of benzene rings is 1. The zero-order valence-electron chi connectivity index (χ0n) is 14.9. The van der Waals surface area contributed by atoms with E-state index in [0.29, 0.717) is 6.61 Å². The van der Waals surface area contributed by atoms with E-state index < -0.39 is 14.2 Å². The van der Waals surface area contributed by atoms with E-state index in [4.69, 9.17) is 9.47 Å². The van der Waals surface area contributed by atoms with Gasteiger partial charge in [-0.05, 0) is 48.7 Å². The summed E-state index contributed by atoms with van der Waals surface area (Å²) in [5.41, 5.74) is 4.33. The fourth-order valence-corrected chi connectivity index (χ4v) is 4.75. The van der Waals surface area contributed by atoms with Crippen LogP contribution in [0.15, 0.2) is 24.3 Å². The van der Waals surface area contributed by atoms with Gasteiger partial charge in [-0.25, -0.2) is 0 Å². The van der Waals surface area contributed by atoms with E-state index in [2.05, 4.69) is 32.2 Å². The SMILES string of the molecule is CC[Si](C#CC(=O)[C@H](C)OCc1ccc(OC)cc1)(CC)CC. The molecule has 1 aromatic rings. The van der Waals surface area contributed by atoms with Crippen molar-refractivity contribution in [2.24, 2.45) is 0 Å². The van der Waals surface area contributed by atoms with E-state index in [-0.39, 0.29) is 5.78 Å². The number of methoxy groups -OCH3 is 1. The molecule has 0 aliphatic rings. The van der Waals surface area contributed by atoms with Gasteiger partial charge in [0.15, 0.2) is 0 Å². The minimum atomic E-state index is -1.57. The van der Waals surface area contributed by atoms with Crippen LogP contribution in [0.2, 0.25) is 18.1 Å². The maximum atomic E-state index is 12.2. The summed E-state index contributed by atoms with van der Waals surface area (Å²) in [5.74, 6) is 3.55. The molecule has 0 aromatic heterocycles. The molecule has 0 spiro atoms. The third-order valence-corrected chi connectivity index (χ3v) is 9.23. The first kappa shape index (κ1) is 19.5. The standard InChI is InChI=1S/C19H28O3Si/c1-6-23(7-2,8-3)14-13-19(20)16(4)22-15-17-9-11-18(21-5)12-10-17/h9-12,16H,6-8,15H2,1-5H3/t16-/m0/s1. The van der Waals surface area contributed by atoms with Gasteiger partial charge >= 0.3 is 0 Å². The van der Waals surface area contributed by atoms with Crippen molar-refractivity contribution in [1.82, 2.24) is 0 Å². The highest BCUT2D eigenvalue weighted by Gasteiger charge is 2.24. The van der Waals surface area contributed by atoms with Crippen LogP contribution >= 0.6 is 0 Å². The molecular formula is C19H28O3Si. The molecule has 0 aliphatic carbocycles. The summed E-state index contributed by atoms with van der Waals surface area (Å²) >= 11 is 0. The van der Waals surface area contributed by atoms with E-state index in [1.54, 1.807) is 14.0 Å². The number of hydrogen-bond donors (Lipinski definition) is 0. The monoisotopic (exact) mass is 332 g/mol. The number of ether oxygens (including phenoxy) is 2. The van der Waals surface area contributed by atoms with Gasteiger partial charge in [0.1, 0.15) is 19.9 Å². The van der Waals surface area contributed by atoms with Gasteiger partial charge < -0.3 is 9.47 Å². The Labute approximate surface area is 141 Å². The van der Waals surface area contributed by atoms with E-state index in [1.165, 1.54) is 0 Å². The molecule has 0 heterocycles. The normalized spacial score (nSPS) is 12.2. The lowest BCUT2D eigenvalue weighted by atomic mass is 10.2. The maximum Gasteiger partial charge on any atom is 0.233 e. The van der Waals surface area contributed by atoms with Gasteiger partial charge in [-0.2, -0.15) is 0 Å². The summed E-state index contributed by atoms with van der Waals surface area (Å²) in [4.78, 5) is 12.2. The summed E-state index contributed by atoms with van der Waals surface area (Å²) in [6.07, 6.45) is -0.498. The lowest BCUT2D eigenvalue weighted by Gasteiger charge is -2.20. The van der Waals surface area contributed by atoms with Crippen LogP contribution in [0, 0.1) is 11.5 Å². The number of carbonyl (C=O) groups is 1. The van der Waals surface area contributed by atoms with Crippen LogP contribution in [0.3, 0.4) is 0 Å². The molecule has 0 saturated carbocycles. The van der Waals surface area contributed by atoms with Crippen molar-refractivity contribution in [2.75, 3.05) is 7.11 Å². The highest BCUT2D eigenvalue weighted by Crippen LogP contribution is 2.18. The molecule has 0 radical (unpaired) electrons. The zero-order chi connectivity index (χ0) is 17.3. The van der Waals surface area contributed by atoms with E-state index >= 15 is 0 Å². The van der Waals surface area contributed by atoms with Gasteiger partial charge in [0.05, 0.1) is 13.7 Å². The maximum absolute atomic E-state index is 12.2. The topological polar surface area (TPSA) is 35.5 Å². The van der Waals surface area contributed by atoms with Crippen LogP contribution in [0.1, 0.15) is 33.3 Å². The van der Waals surface area contributed by atoms with Gasteiger partial charge in [0.2, 0.25) is 5.78 Å². The smallest absolute Gasteiger partial charge is 0.233 e. The molecular weight excluding hydrogens is 304 g/mol. The van der Waals surface area contributed by atoms with Crippen molar-refractivity contribution in [3.05, 3.63) is 29.8 Å². The second kappa shape index (κ2) is 9.54. The summed E-state index contributed by atoms with van der Waals surface area (Å²) in [7, 11) is 0.0612. The first-order valence-corrected chi connectivity index (χ1v) is 10.9. The molecule has 1 rings (SSSR count). The molecule has 4 heteroatoms. The van der Waals surface area contributed by atoms with Gasteiger partial charge in [0, 0.05) is 0 Å². The summed E-state index contributed by atoms with van der Waals surface area (Å²) in [6, 6.07) is 10.9. The zero-order valence-corrected chi connectivity index (χ0v) is 15.9. The Morgan fingerprint density at radius 2 is 1.70 bits per heavy atom. The summed E-state index contributed by atoms with van der Waals surface area (Å²) in [6.45, 7) is 8.72. The third-order valence-electron chi connectivity index (χ3n) is 4.51. The molecule has 0 fully saturated rings. The number of Topliss-reactive ketones (excluding diaryl/α,β-unsaturated/α-hetero) is 1. The molecule has 0 aliphatic heterocycles. The molecule has 0 bridgehead atoms. The lowest BCUT2D eigenvalue weighted by Crippen LogP contribution is -2.30. The number of rotatable bonds is 8. The van der Waals surface area contributed by atoms with Crippen molar-refractivity contribution >= 4 is 13.9 Å². The van der Waals surface area contributed by atoms with Gasteiger partial charge in [-0.3, -0.25) is 4.79 Å². The third kappa shape index (κ3) is 5.85. The van der Waals surface area contributed by atoms with Gasteiger partial charge in [-0.1, -0.05) is 32.9 Å². The highest BCUT2D eigenvalue weighted by atomic mass is 28.3. The largest absolute Gasteiger partial charge is 0.497 e. The molecule has 1 atom stereocenters. The molecule has 23 heavy (non-hydrogen) atoms. The Morgan fingerprint density at radius 1 is 1.13 bits per heavy atom. The molecule has 0 saturated heterocycles. The second-order valence-electron chi connectivity index (χ2n) is 5.76. The Morgan fingerprint density at radius 3 is 2.17 bits per heavy atom. The Kier molecular flexibility index (Phi) is 8.08. The van der Waals surface area contributed by atoms with Crippen LogP contribution in [0.25, 0.3) is 0 Å². The van der Waals surface area contributed by atoms with Crippen LogP contribution < -0.4 is 4.74 Å². The van der Waals surface area contributed by atoms with Crippen molar-refractivity contribution in [2.45, 2.75) is 58.5 Å². The average Bonchev–Trinajstić information content (AvgIpc) is 2.61. The van der Waals surface area contributed by atoms with Crippen molar-refractivity contribution in [1.29, 1.82) is 0 Å². The van der Waals surface area contributed by atoms with Crippen molar-refractivity contribution < 1.29 is 14.3 Å². The fourth-order valence-electron chi connectivity index (χ4n) is 2.33. The second-order valence-corrected chi connectivity index (χ2v) is 10.7. The Balaban J connectivity index is 2.60. The minimum absolute atomic E-state index is 0.120. The van der Waals surface area contributed by atoms with Crippen molar-refractivity contribution in [3.63, 3.8) is 0 Å². The number of carbonyl (C=O) groups excluding carboxylic acids is 1. The fraction of sp³-hybridized carbons (Fsp3) is 0.526. The Hall–Kier alpha value is -1.57. The summed E-state index contributed by atoms with van der Waals surface area (Å²) < 4.78 is 10.8. The first-order chi connectivity index (χ1) is 11.0. The van der Waals surface area contributed by atoms with Crippen LogP contribution in [0.5, 0.6) is 5.75 Å². The van der Waals surface area contributed by atoms with Crippen LogP contribution in [-0.4, -0.2) is 27.1 Å². The Bertz CT molecular complexity index is 542. The van der Waals surface area contributed by atoms with Gasteiger partial charge in [0.25, 0.3) is 0 Å². The molecule has 0 unspecified atom stereocenters.